The van der Waals surface area contributed by atoms with Crippen molar-refractivity contribution < 1.29 is 4.79 Å². The number of amides is 1. The summed E-state index contributed by atoms with van der Waals surface area (Å²) in [7, 11) is 0. The van der Waals surface area contributed by atoms with Gasteiger partial charge in [0.1, 0.15) is 5.69 Å². The quantitative estimate of drug-likeness (QED) is 0.731. The molecule has 0 fully saturated rings. The first kappa shape index (κ1) is 15.6. The highest BCUT2D eigenvalue weighted by atomic mass is 35.5. The van der Waals surface area contributed by atoms with E-state index >= 15 is 0 Å². The lowest BCUT2D eigenvalue weighted by Crippen LogP contribution is -2.29. The standard InChI is InChI=1S/C16H12Cl2N4O/c1-10-15(20-19-14-9-11(17)7-8-13(14)18)16(23)22(21-10)12-5-3-2-4-6-12/h2-9,15H,1H3/t15-/m0/s1. The van der Waals surface area contributed by atoms with Gasteiger partial charge in [-0.05, 0) is 37.3 Å². The predicted molar refractivity (Wildman–Crippen MR) is 91.8 cm³/mol. The number of hydrogen-bond acceptors (Lipinski definition) is 4. The van der Waals surface area contributed by atoms with E-state index in [1.807, 2.05) is 30.3 Å². The topological polar surface area (TPSA) is 57.4 Å². The molecule has 2 aromatic rings. The Labute approximate surface area is 143 Å². The SMILES string of the molecule is CC1=NN(c2ccccc2)C(=O)[C@H]1N=Nc1cc(Cl)ccc1Cl. The van der Waals surface area contributed by atoms with Crippen LogP contribution in [0, 0.1) is 0 Å². The number of hydrazone groups is 1. The minimum atomic E-state index is -0.759. The summed E-state index contributed by atoms with van der Waals surface area (Å²) in [5, 5.41) is 14.7. The number of halogens is 2. The highest BCUT2D eigenvalue weighted by molar-refractivity contribution is 6.35. The van der Waals surface area contributed by atoms with Gasteiger partial charge in [-0.2, -0.15) is 20.3 Å². The zero-order chi connectivity index (χ0) is 16.4. The molecule has 23 heavy (non-hydrogen) atoms. The van der Waals surface area contributed by atoms with Crippen molar-refractivity contribution in [3.63, 3.8) is 0 Å². The van der Waals surface area contributed by atoms with Gasteiger partial charge >= 0.3 is 0 Å². The second-order valence-electron chi connectivity index (χ2n) is 4.94. The van der Waals surface area contributed by atoms with Crippen LogP contribution in [0.4, 0.5) is 11.4 Å². The van der Waals surface area contributed by atoms with Crippen molar-refractivity contribution in [1.29, 1.82) is 0 Å². The first-order chi connectivity index (χ1) is 11.1. The Morgan fingerprint density at radius 1 is 1.13 bits per heavy atom. The lowest BCUT2D eigenvalue weighted by atomic mass is 10.2. The number of carbonyl (C=O) groups excluding carboxylic acids is 1. The molecule has 1 aliphatic rings. The number of benzene rings is 2. The average molecular weight is 347 g/mol. The summed E-state index contributed by atoms with van der Waals surface area (Å²) in [6.07, 6.45) is 0. The predicted octanol–water partition coefficient (Wildman–Crippen LogP) is 4.87. The van der Waals surface area contributed by atoms with Crippen LogP contribution in [0.25, 0.3) is 0 Å². The maximum atomic E-state index is 12.5. The molecule has 2 aromatic carbocycles. The lowest BCUT2D eigenvalue weighted by Gasteiger charge is -2.11. The van der Waals surface area contributed by atoms with Crippen molar-refractivity contribution in [2.45, 2.75) is 13.0 Å². The van der Waals surface area contributed by atoms with E-state index < -0.39 is 6.04 Å². The van der Waals surface area contributed by atoms with Gasteiger partial charge in [0, 0.05) is 5.02 Å². The molecule has 0 saturated carbocycles. The number of rotatable bonds is 3. The molecule has 3 rings (SSSR count). The van der Waals surface area contributed by atoms with E-state index in [1.165, 1.54) is 5.01 Å². The second kappa shape index (κ2) is 6.48. The Morgan fingerprint density at radius 2 is 1.87 bits per heavy atom. The Bertz CT molecular complexity index is 805. The van der Waals surface area contributed by atoms with Crippen LogP contribution in [0.2, 0.25) is 10.0 Å². The molecule has 0 bridgehead atoms. The Morgan fingerprint density at radius 3 is 2.61 bits per heavy atom. The minimum absolute atomic E-state index is 0.254. The number of para-hydroxylation sites is 1. The van der Waals surface area contributed by atoms with E-state index in [-0.39, 0.29) is 5.91 Å². The van der Waals surface area contributed by atoms with Crippen molar-refractivity contribution in [2.75, 3.05) is 5.01 Å². The molecule has 116 valence electrons. The number of anilines is 1. The maximum absolute atomic E-state index is 12.5. The molecule has 0 aliphatic carbocycles. The fourth-order valence-electron chi connectivity index (χ4n) is 2.13. The largest absolute Gasteiger partial charge is 0.280 e. The van der Waals surface area contributed by atoms with Crippen LogP contribution >= 0.6 is 23.2 Å². The summed E-state index contributed by atoms with van der Waals surface area (Å²) in [6, 6.07) is 13.3. The maximum Gasteiger partial charge on any atom is 0.280 e. The number of carbonyl (C=O) groups is 1. The highest BCUT2D eigenvalue weighted by Crippen LogP contribution is 2.29. The smallest absolute Gasteiger partial charge is 0.269 e. The molecule has 0 aromatic heterocycles. The van der Waals surface area contributed by atoms with Crippen LogP contribution in [-0.4, -0.2) is 17.7 Å². The van der Waals surface area contributed by atoms with Crippen molar-refractivity contribution in [1.82, 2.24) is 0 Å². The van der Waals surface area contributed by atoms with E-state index in [1.54, 1.807) is 25.1 Å². The summed E-state index contributed by atoms with van der Waals surface area (Å²) in [5.41, 5.74) is 1.68. The average Bonchev–Trinajstić information content (AvgIpc) is 2.84. The normalized spacial score (nSPS) is 17.9. The third-order valence-corrected chi connectivity index (χ3v) is 3.84. The molecule has 0 spiro atoms. The fraction of sp³-hybridized carbons (Fsp3) is 0.125. The van der Waals surface area contributed by atoms with Gasteiger partial charge in [0.25, 0.3) is 5.91 Å². The van der Waals surface area contributed by atoms with E-state index in [4.69, 9.17) is 23.2 Å². The zero-order valence-corrected chi connectivity index (χ0v) is 13.7. The zero-order valence-electron chi connectivity index (χ0n) is 12.1. The van der Waals surface area contributed by atoms with Gasteiger partial charge in [0.05, 0.1) is 16.4 Å². The van der Waals surface area contributed by atoms with Gasteiger partial charge < -0.3 is 0 Å². The lowest BCUT2D eigenvalue weighted by molar-refractivity contribution is -0.117. The van der Waals surface area contributed by atoms with Gasteiger partial charge in [-0.1, -0.05) is 41.4 Å². The molecule has 1 heterocycles. The first-order valence-corrected chi connectivity index (χ1v) is 7.62. The molecule has 0 saturated heterocycles. The van der Waals surface area contributed by atoms with Crippen LogP contribution in [0.1, 0.15) is 6.92 Å². The van der Waals surface area contributed by atoms with Gasteiger partial charge in [-0.15, -0.1) is 0 Å². The molecule has 0 N–H and O–H groups in total. The van der Waals surface area contributed by atoms with E-state index in [0.717, 1.165) is 0 Å². The fourth-order valence-corrected chi connectivity index (χ4v) is 2.45. The summed E-state index contributed by atoms with van der Waals surface area (Å²) in [4.78, 5) is 12.5. The molecule has 1 atom stereocenters. The van der Waals surface area contributed by atoms with Crippen molar-refractivity contribution >= 4 is 46.2 Å². The van der Waals surface area contributed by atoms with Gasteiger partial charge in [0.15, 0.2) is 6.04 Å². The van der Waals surface area contributed by atoms with Crippen molar-refractivity contribution in [3.05, 3.63) is 58.6 Å². The number of hydrogen-bond donors (Lipinski definition) is 0. The monoisotopic (exact) mass is 346 g/mol. The van der Waals surface area contributed by atoms with Crippen molar-refractivity contribution in [3.8, 4) is 0 Å². The van der Waals surface area contributed by atoms with Crippen molar-refractivity contribution in [2.24, 2.45) is 15.3 Å². The minimum Gasteiger partial charge on any atom is -0.269 e. The summed E-state index contributed by atoms with van der Waals surface area (Å²) >= 11 is 12.0. The van der Waals surface area contributed by atoms with Gasteiger partial charge in [-0.25, -0.2) is 0 Å². The third-order valence-electron chi connectivity index (χ3n) is 3.29. The summed E-state index contributed by atoms with van der Waals surface area (Å²) < 4.78 is 0. The van der Waals surface area contributed by atoms with Gasteiger partial charge in [0.2, 0.25) is 0 Å². The van der Waals surface area contributed by atoms with Gasteiger partial charge in [-0.3, -0.25) is 4.79 Å². The third kappa shape index (κ3) is 3.25. The van der Waals surface area contributed by atoms with E-state index in [9.17, 15) is 4.79 Å². The van der Waals surface area contributed by atoms with E-state index in [2.05, 4.69) is 15.3 Å². The molecule has 0 radical (unpaired) electrons. The summed E-state index contributed by atoms with van der Waals surface area (Å²) in [5.74, 6) is -0.254. The van der Waals surface area contributed by atoms with Crippen LogP contribution in [0.3, 0.4) is 0 Å². The van der Waals surface area contributed by atoms with Crippen LogP contribution in [0.15, 0.2) is 63.9 Å². The number of nitrogens with zero attached hydrogens (tertiary/aromatic N) is 4. The Balaban J connectivity index is 1.85. The first-order valence-electron chi connectivity index (χ1n) is 6.86. The van der Waals surface area contributed by atoms with Crippen LogP contribution in [-0.2, 0) is 4.79 Å². The second-order valence-corrected chi connectivity index (χ2v) is 5.78. The van der Waals surface area contributed by atoms with Crippen LogP contribution in [0.5, 0.6) is 0 Å². The molecule has 5 nitrogen and oxygen atoms in total. The Kier molecular flexibility index (Phi) is 4.41. The van der Waals surface area contributed by atoms with E-state index in [0.29, 0.717) is 27.1 Å². The van der Waals surface area contributed by atoms with Crippen LogP contribution < -0.4 is 5.01 Å². The molecule has 7 heteroatoms. The molecule has 1 aliphatic heterocycles. The molecular weight excluding hydrogens is 335 g/mol. The highest BCUT2D eigenvalue weighted by Gasteiger charge is 2.34. The number of azo groups is 1. The Hall–Kier alpha value is -2.24. The summed E-state index contributed by atoms with van der Waals surface area (Å²) in [6.45, 7) is 1.74. The molecule has 1 amide bonds. The molecule has 0 unspecified atom stereocenters. The molecular formula is C16H12Cl2N4O.